The summed E-state index contributed by atoms with van der Waals surface area (Å²) in [5.74, 6) is -0.454. The molecule has 2 heterocycles. The van der Waals surface area contributed by atoms with Crippen LogP contribution in [0.1, 0.15) is 19.4 Å². The second-order valence-corrected chi connectivity index (χ2v) is 4.01. The fourth-order valence-corrected chi connectivity index (χ4v) is 1.50. The molecule has 1 aliphatic heterocycles. The van der Waals surface area contributed by atoms with Crippen LogP contribution < -0.4 is 0 Å². The second-order valence-electron chi connectivity index (χ2n) is 4.01. The predicted molar refractivity (Wildman–Crippen MR) is 58.2 cm³/mol. The third kappa shape index (κ3) is 2.88. The quantitative estimate of drug-likeness (QED) is 0.742. The summed E-state index contributed by atoms with van der Waals surface area (Å²) >= 11 is 0. The monoisotopic (exact) mass is 205 g/mol. The van der Waals surface area contributed by atoms with Crippen LogP contribution in [0.2, 0.25) is 0 Å². The minimum absolute atomic E-state index is 0.0419. The molecule has 0 saturated carbocycles. The zero-order valence-electron chi connectivity index (χ0n) is 9.01. The molecule has 0 bridgehead atoms. The van der Waals surface area contributed by atoms with Crippen LogP contribution in [0, 0.1) is 0 Å². The Labute approximate surface area is 89.7 Å². The highest BCUT2D eigenvalue weighted by molar-refractivity contribution is 5.48. The van der Waals surface area contributed by atoms with Crippen LogP contribution in [-0.4, -0.2) is 23.5 Å². The molecule has 2 rings (SSSR count). The van der Waals surface area contributed by atoms with Gasteiger partial charge in [-0.05, 0) is 25.5 Å². The van der Waals surface area contributed by atoms with Gasteiger partial charge in [-0.1, -0.05) is 18.2 Å². The lowest BCUT2D eigenvalue weighted by Crippen LogP contribution is -2.20. The summed E-state index contributed by atoms with van der Waals surface area (Å²) in [5, 5.41) is 0. The zero-order valence-corrected chi connectivity index (χ0v) is 9.01. The van der Waals surface area contributed by atoms with E-state index in [-0.39, 0.29) is 6.10 Å². The first-order valence-electron chi connectivity index (χ1n) is 5.06. The summed E-state index contributed by atoms with van der Waals surface area (Å²) in [5.41, 5.74) is 1.07. The maximum atomic E-state index is 5.64. The molecule has 0 amide bonds. The van der Waals surface area contributed by atoms with Gasteiger partial charge in [0.05, 0.1) is 6.61 Å². The molecule has 0 spiro atoms. The first kappa shape index (κ1) is 10.3. The summed E-state index contributed by atoms with van der Waals surface area (Å²) in [6.45, 7) is 4.46. The van der Waals surface area contributed by atoms with Gasteiger partial charge in [0.2, 0.25) is 0 Å². The van der Waals surface area contributed by atoms with Crippen LogP contribution >= 0.6 is 0 Å². The number of nitrogens with zero attached hydrogens (tertiary/aromatic N) is 1. The maximum Gasteiger partial charge on any atom is 0.163 e. The molecular formula is C12H15NO2. The molecule has 0 aliphatic carbocycles. The minimum atomic E-state index is -0.454. The van der Waals surface area contributed by atoms with Gasteiger partial charge < -0.3 is 9.47 Å². The van der Waals surface area contributed by atoms with Crippen molar-refractivity contribution < 1.29 is 9.47 Å². The Morgan fingerprint density at radius 2 is 2.40 bits per heavy atom. The van der Waals surface area contributed by atoms with Gasteiger partial charge in [0.1, 0.15) is 6.10 Å². The van der Waals surface area contributed by atoms with Crippen LogP contribution in [0.4, 0.5) is 0 Å². The predicted octanol–water partition coefficient (Wildman–Crippen LogP) is 2.25. The number of pyridine rings is 1. The molecule has 15 heavy (non-hydrogen) atoms. The highest BCUT2D eigenvalue weighted by Crippen LogP contribution is 2.23. The first-order valence-corrected chi connectivity index (χ1v) is 5.06. The highest BCUT2D eigenvalue weighted by atomic mass is 16.7. The summed E-state index contributed by atoms with van der Waals surface area (Å²) in [6, 6.07) is 3.92. The molecular weight excluding hydrogens is 190 g/mol. The van der Waals surface area contributed by atoms with Gasteiger partial charge in [-0.2, -0.15) is 0 Å². The Hall–Kier alpha value is -1.19. The average Bonchev–Trinajstić information content (AvgIpc) is 2.57. The van der Waals surface area contributed by atoms with Gasteiger partial charge in [0.25, 0.3) is 0 Å². The van der Waals surface area contributed by atoms with E-state index in [0.717, 1.165) is 5.56 Å². The zero-order chi connectivity index (χ0) is 10.7. The van der Waals surface area contributed by atoms with Crippen molar-refractivity contribution >= 4 is 6.08 Å². The van der Waals surface area contributed by atoms with Crippen LogP contribution in [0.15, 0.2) is 30.6 Å². The van der Waals surface area contributed by atoms with Crippen molar-refractivity contribution in [2.45, 2.75) is 25.7 Å². The van der Waals surface area contributed by atoms with E-state index >= 15 is 0 Å². The Bertz CT molecular complexity index is 346. The van der Waals surface area contributed by atoms with E-state index in [2.05, 4.69) is 4.98 Å². The standard InChI is InChI=1S/C12H15NO2/c1-12(2)14-9-11(15-12)6-5-10-4-3-7-13-8-10/h3-8,11H,9H2,1-2H3/t11-/m0/s1. The van der Waals surface area contributed by atoms with Crippen LogP contribution in [0.5, 0.6) is 0 Å². The molecule has 80 valence electrons. The number of ether oxygens (including phenoxy) is 2. The van der Waals surface area contributed by atoms with E-state index in [0.29, 0.717) is 6.61 Å². The fraction of sp³-hybridized carbons (Fsp3) is 0.417. The third-order valence-electron chi connectivity index (χ3n) is 2.22. The van der Waals surface area contributed by atoms with Gasteiger partial charge >= 0.3 is 0 Å². The van der Waals surface area contributed by atoms with E-state index in [1.807, 2.05) is 44.3 Å². The molecule has 1 atom stereocenters. The van der Waals surface area contributed by atoms with Crippen LogP contribution in [0.3, 0.4) is 0 Å². The fourth-order valence-electron chi connectivity index (χ4n) is 1.50. The number of hydrogen-bond donors (Lipinski definition) is 0. The maximum absolute atomic E-state index is 5.64. The number of aromatic nitrogens is 1. The lowest BCUT2D eigenvalue weighted by molar-refractivity contribution is -0.133. The minimum Gasteiger partial charge on any atom is -0.347 e. The van der Waals surface area contributed by atoms with Crippen molar-refractivity contribution in [1.29, 1.82) is 0 Å². The van der Waals surface area contributed by atoms with Crippen molar-refractivity contribution in [2.75, 3.05) is 6.61 Å². The molecule has 1 aromatic heterocycles. The van der Waals surface area contributed by atoms with Gasteiger partial charge in [-0.15, -0.1) is 0 Å². The summed E-state index contributed by atoms with van der Waals surface area (Å²) in [6.07, 6.45) is 7.63. The Kier molecular flexibility index (Phi) is 2.84. The average molecular weight is 205 g/mol. The summed E-state index contributed by atoms with van der Waals surface area (Å²) in [4.78, 5) is 4.04. The lowest BCUT2D eigenvalue weighted by atomic mass is 10.2. The highest BCUT2D eigenvalue weighted by Gasteiger charge is 2.30. The second kappa shape index (κ2) is 4.13. The largest absolute Gasteiger partial charge is 0.347 e. The molecule has 1 saturated heterocycles. The molecule has 1 fully saturated rings. The van der Waals surface area contributed by atoms with E-state index < -0.39 is 5.79 Å². The topological polar surface area (TPSA) is 31.4 Å². The summed E-state index contributed by atoms with van der Waals surface area (Å²) in [7, 11) is 0. The van der Waals surface area contributed by atoms with E-state index in [4.69, 9.17) is 9.47 Å². The van der Waals surface area contributed by atoms with Crippen LogP contribution in [0.25, 0.3) is 6.08 Å². The van der Waals surface area contributed by atoms with Crippen molar-refractivity contribution in [3.8, 4) is 0 Å². The molecule has 3 heteroatoms. The van der Waals surface area contributed by atoms with Crippen molar-refractivity contribution in [1.82, 2.24) is 4.98 Å². The molecule has 3 nitrogen and oxygen atoms in total. The van der Waals surface area contributed by atoms with Crippen LogP contribution in [-0.2, 0) is 9.47 Å². The smallest absolute Gasteiger partial charge is 0.163 e. The van der Waals surface area contributed by atoms with Gasteiger partial charge in [0.15, 0.2) is 5.79 Å². The van der Waals surface area contributed by atoms with Gasteiger partial charge in [-0.25, -0.2) is 0 Å². The Balaban J connectivity index is 1.96. The normalized spacial score (nSPS) is 24.8. The van der Waals surface area contributed by atoms with Crippen molar-refractivity contribution in [2.24, 2.45) is 0 Å². The molecule has 1 aromatic rings. The number of hydrogen-bond acceptors (Lipinski definition) is 3. The molecule has 0 aromatic carbocycles. The van der Waals surface area contributed by atoms with Gasteiger partial charge in [0, 0.05) is 12.4 Å². The van der Waals surface area contributed by atoms with E-state index in [9.17, 15) is 0 Å². The third-order valence-corrected chi connectivity index (χ3v) is 2.22. The first-order chi connectivity index (χ1) is 7.16. The SMILES string of the molecule is CC1(C)OC[C@H](C=Cc2cccnc2)O1. The van der Waals surface area contributed by atoms with Crippen molar-refractivity contribution in [3.63, 3.8) is 0 Å². The Morgan fingerprint density at radius 3 is 3.00 bits per heavy atom. The van der Waals surface area contributed by atoms with E-state index in [1.54, 1.807) is 6.20 Å². The molecule has 0 unspecified atom stereocenters. The van der Waals surface area contributed by atoms with Gasteiger partial charge in [-0.3, -0.25) is 4.98 Å². The molecule has 0 N–H and O–H groups in total. The number of rotatable bonds is 2. The Morgan fingerprint density at radius 1 is 1.53 bits per heavy atom. The van der Waals surface area contributed by atoms with E-state index in [1.165, 1.54) is 0 Å². The molecule has 1 aliphatic rings. The lowest BCUT2D eigenvalue weighted by Gasteiger charge is -2.15. The van der Waals surface area contributed by atoms with Crippen molar-refractivity contribution in [3.05, 3.63) is 36.2 Å². The summed E-state index contributed by atoms with van der Waals surface area (Å²) < 4.78 is 11.1. The molecule has 0 radical (unpaired) electrons.